The van der Waals surface area contributed by atoms with Crippen LogP contribution < -0.4 is 10.1 Å². The lowest BCUT2D eigenvalue weighted by Crippen LogP contribution is -2.44. The van der Waals surface area contributed by atoms with Gasteiger partial charge in [-0.2, -0.15) is 0 Å². The van der Waals surface area contributed by atoms with Crippen molar-refractivity contribution in [3.05, 3.63) is 58.1 Å². The summed E-state index contributed by atoms with van der Waals surface area (Å²) in [5.41, 5.74) is 0.968. The van der Waals surface area contributed by atoms with E-state index in [0.717, 1.165) is 32.2 Å². The number of carbonyl (C=O) groups excluding carboxylic acids is 1. The summed E-state index contributed by atoms with van der Waals surface area (Å²) in [6.45, 7) is 5.19. The van der Waals surface area contributed by atoms with Crippen molar-refractivity contribution in [3.8, 4) is 5.75 Å². The smallest absolute Gasteiger partial charge is 0.573 e. The summed E-state index contributed by atoms with van der Waals surface area (Å²) in [7, 11) is 2.00. The fraction of sp³-hybridized carbons (Fsp3) is 0.435. The Kier molecular flexibility index (Phi) is 9.11. The molecule has 0 aliphatic carbocycles. The summed E-state index contributed by atoms with van der Waals surface area (Å²) < 4.78 is 55.7. The minimum atomic E-state index is -4.88. The molecule has 34 heavy (non-hydrogen) atoms. The number of piperazine rings is 1. The van der Waals surface area contributed by atoms with E-state index < -0.39 is 29.2 Å². The molecule has 1 atom stereocenters. The van der Waals surface area contributed by atoms with Gasteiger partial charge in [0.05, 0.1) is 0 Å². The molecule has 0 bridgehead atoms. The van der Waals surface area contributed by atoms with Crippen LogP contribution in [-0.4, -0.2) is 65.6 Å². The number of nitrogens with zero attached hydrogens (tertiary/aromatic N) is 2. The van der Waals surface area contributed by atoms with Crippen molar-refractivity contribution >= 4 is 28.7 Å². The van der Waals surface area contributed by atoms with Gasteiger partial charge in [-0.15, -0.1) is 13.2 Å². The summed E-state index contributed by atoms with van der Waals surface area (Å²) in [5, 5.41) is 3.10. The van der Waals surface area contributed by atoms with Gasteiger partial charge in [-0.05, 0) is 55.5 Å². The van der Waals surface area contributed by atoms with Crippen LogP contribution in [0.5, 0.6) is 5.75 Å². The van der Waals surface area contributed by atoms with E-state index in [-0.39, 0.29) is 18.7 Å². The first-order valence-electron chi connectivity index (χ1n) is 10.8. The molecule has 3 rings (SSSR count). The molecule has 1 fully saturated rings. The van der Waals surface area contributed by atoms with Crippen molar-refractivity contribution < 1.29 is 27.3 Å². The molecule has 186 valence electrons. The number of halogens is 4. The largest absolute Gasteiger partial charge is 0.611 e. The fourth-order valence-electron chi connectivity index (χ4n) is 3.63. The highest BCUT2D eigenvalue weighted by molar-refractivity contribution is 7.91. The van der Waals surface area contributed by atoms with Gasteiger partial charge in [-0.3, -0.25) is 9.69 Å². The first kappa shape index (κ1) is 26.6. The van der Waals surface area contributed by atoms with Gasteiger partial charge in [0.15, 0.2) is 4.90 Å². The lowest BCUT2D eigenvalue weighted by molar-refractivity contribution is -0.275. The van der Waals surface area contributed by atoms with Crippen LogP contribution in [0.2, 0.25) is 5.02 Å². The van der Waals surface area contributed by atoms with E-state index in [4.69, 9.17) is 11.6 Å². The second-order valence-corrected chi connectivity index (χ2v) is 10.2. The summed E-state index contributed by atoms with van der Waals surface area (Å²) in [6, 6.07) is 8.96. The molecule has 1 amide bonds. The molecule has 2 aromatic rings. The van der Waals surface area contributed by atoms with Gasteiger partial charge in [-0.25, -0.2) is 0 Å². The van der Waals surface area contributed by atoms with Gasteiger partial charge in [-0.1, -0.05) is 17.7 Å². The number of alkyl halides is 3. The number of likely N-dealkylation sites (N-methyl/N-ethyl adjacent to an activating group) is 1. The number of amides is 1. The Morgan fingerprint density at radius 1 is 1.15 bits per heavy atom. The number of hydrogen-bond donors (Lipinski definition) is 1. The molecule has 1 N–H and O–H groups in total. The Hall–Kier alpha value is -1.98. The van der Waals surface area contributed by atoms with Crippen LogP contribution in [0.3, 0.4) is 0 Å². The highest BCUT2D eigenvalue weighted by Crippen LogP contribution is 2.29. The zero-order valence-corrected chi connectivity index (χ0v) is 20.5. The molecular weight excluding hydrogens is 491 g/mol. The average molecular weight is 518 g/mol. The molecule has 0 spiro atoms. The standard InChI is InChI=1S/C23H27ClF3N3O3S/c1-3-34(32)21-7-6-19(24)12-18(21)14-28-22(31)16-4-5-17(20(13-16)33-23(25,26)27)15-30-10-8-29(2)9-11-30/h4-7,12-13H,3,8-11,14-15H2,1-2H3,(H,28,31). The summed E-state index contributed by atoms with van der Waals surface area (Å²) in [5.74, 6) is -0.573. The summed E-state index contributed by atoms with van der Waals surface area (Å²) in [4.78, 5) is 17.5. The van der Waals surface area contributed by atoms with Crippen LogP contribution in [0.25, 0.3) is 0 Å². The number of nitrogens with one attached hydrogen (secondary N) is 1. The molecule has 1 saturated heterocycles. The molecule has 1 heterocycles. The lowest BCUT2D eigenvalue weighted by atomic mass is 10.1. The Bertz CT molecular complexity index is 1000. The van der Waals surface area contributed by atoms with E-state index in [9.17, 15) is 22.5 Å². The highest BCUT2D eigenvalue weighted by atomic mass is 35.5. The van der Waals surface area contributed by atoms with E-state index in [0.29, 0.717) is 26.8 Å². The van der Waals surface area contributed by atoms with Crippen molar-refractivity contribution in [1.82, 2.24) is 15.1 Å². The molecule has 0 aromatic heterocycles. The molecule has 0 saturated carbocycles. The number of ether oxygens (including phenoxy) is 1. The normalized spacial score (nSPS) is 16.3. The molecular formula is C23H27ClF3N3O3S. The van der Waals surface area contributed by atoms with Crippen molar-refractivity contribution in [3.63, 3.8) is 0 Å². The Morgan fingerprint density at radius 3 is 2.50 bits per heavy atom. The van der Waals surface area contributed by atoms with Crippen LogP contribution in [0.15, 0.2) is 41.3 Å². The first-order chi connectivity index (χ1) is 16.1. The van der Waals surface area contributed by atoms with Crippen molar-refractivity contribution in [1.29, 1.82) is 0 Å². The van der Waals surface area contributed by atoms with Crippen molar-refractivity contribution in [2.75, 3.05) is 39.0 Å². The van der Waals surface area contributed by atoms with Crippen molar-refractivity contribution in [2.24, 2.45) is 0 Å². The minimum absolute atomic E-state index is 0.0268. The van der Waals surface area contributed by atoms with E-state index in [1.165, 1.54) is 12.1 Å². The Balaban J connectivity index is 1.76. The van der Waals surface area contributed by atoms with Crippen LogP contribution >= 0.6 is 11.6 Å². The van der Waals surface area contributed by atoms with E-state index in [2.05, 4.69) is 15.0 Å². The quantitative estimate of drug-likeness (QED) is 0.535. The zero-order valence-electron chi connectivity index (χ0n) is 19.0. The maximum atomic E-state index is 13.1. The van der Waals surface area contributed by atoms with E-state index >= 15 is 0 Å². The van der Waals surface area contributed by atoms with Gasteiger partial charge in [0.2, 0.25) is 0 Å². The predicted octanol–water partition coefficient (Wildman–Crippen LogP) is 4.04. The second-order valence-electron chi connectivity index (χ2n) is 8.02. The van der Waals surface area contributed by atoms with Gasteiger partial charge >= 0.3 is 6.36 Å². The fourth-order valence-corrected chi connectivity index (χ4v) is 4.78. The average Bonchev–Trinajstić information content (AvgIpc) is 2.78. The van der Waals surface area contributed by atoms with Gasteiger partial charge < -0.3 is 19.5 Å². The van der Waals surface area contributed by atoms with Crippen LogP contribution in [0, 0.1) is 0 Å². The van der Waals surface area contributed by atoms with E-state index in [1.54, 1.807) is 25.1 Å². The molecule has 1 aliphatic rings. The number of benzene rings is 2. The molecule has 6 nitrogen and oxygen atoms in total. The SMILES string of the molecule is CC[S+]([O-])c1ccc(Cl)cc1CNC(=O)c1ccc(CN2CCN(C)CC2)c(OC(F)(F)F)c1. The topological polar surface area (TPSA) is 67.9 Å². The monoisotopic (exact) mass is 517 g/mol. The molecule has 11 heteroatoms. The first-order valence-corrected chi connectivity index (χ1v) is 12.5. The van der Waals surface area contributed by atoms with E-state index in [1.807, 2.05) is 11.9 Å². The molecule has 2 aromatic carbocycles. The predicted molar refractivity (Wildman–Crippen MR) is 125 cm³/mol. The van der Waals surface area contributed by atoms with Crippen LogP contribution in [0.1, 0.15) is 28.4 Å². The van der Waals surface area contributed by atoms with Gasteiger partial charge in [0, 0.05) is 61.0 Å². The third-order valence-corrected chi connectivity index (χ3v) is 7.16. The summed E-state index contributed by atoms with van der Waals surface area (Å²) in [6.07, 6.45) is -4.88. The minimum Gasteiger partial charge on any atom is -0.611 e. The Labute approximate surface area is 205 Å². The molecule has 1 aliphatic heterocycles. The van der Waals surface area contributed by atoms with Crippen LogP contribution in [-0.2, 0) is 24.3 Å². The highest BCUT2D eigenvalue weighted by Gasteiger charge is 2.33. The molecule has 1 unspecified atom stereocenters. The Morgan fingerprint density at radius 2 is 1.85 bits per heavy atom. The maximum Gasteiger partial charge on any atom is 0.573 e. The number of carbonyl (C=O) groups is 1. The van der Waals surface area contributed by atoms with Gasteiger partial charge in [0.25, 0.3) is 5.91 Å². The zero-order chi connectivity index (χ0) is 24.9. The second kappa shape index (κ2) is 11.6. The van der Waals surface area contributed by atoms with Crippen LogP contribution in [0.4, 0.5) is 13.2 Å². The van der Waals surface area contributed by atoms with Gasteiger partial charge in [0.1, 0.15) is 11.5 Å². The molecule has 0 radical (unpaired) electrons. The lowest BCUT2D eigenvalue weighted by Gasteiger charge is -2.32. The number of hydrogen-bond acceptors (Lipinski definition) is 5. The summed E-state index contributed by atoms with van der Waals surface area (Å²) >= 11 is 4.79. The maximum absolute atomic E-state index is 13.1. The van der Waals surface area contributed by atoms with Crippen molar-refractivity contribution in [2.45, 2.75) is 31.3 Å². The third kappa shape index (κ3) is 7.51. The number of rotatable bonds is 8. The third-order valence-electron chi connectivity index (χ3n) is 5.51.